The molecule has 0 aliphatic carbocycles. The summed E-state index contributed by atoms with van der Waals surface area (Å²) in [7, 11) is 0. The van der Waals surface area contributed by atoms with E-state index in [-0.39, 0.29) is 0 Å². The SMILES string of the molecule is CSc1ccc(CCCCCCOC=O)cc1. The van der Waals surface area contributed by atoms with Gasteiger partial charge in [0.25, 0.3) is 6.47 Å². The van der Waals surface area contributed by atoms with Gasteiger partial charge in [-0.3, -0.25) is 4.79 Å². The van der Waals surface area contributed by atoms with E-state index in [0.717, 1.165) is 19.3 Å². The molecule has 1 rings (SSSR count). The number of hydrogen-bond donors (Lipinski definition) is 0. The van der Waals surface area contributed by atoms with E-state index in [0.29, 0.717) is 13.1 Å². The molecule has 0 bridgehead atoms. The van der Waals surface area contributed by atoms with E-state index < -0.39 is 0 Å². The highest BCUT2D eigenvalue weighted by atomic mass is 32.2. The van der Waals surface area contributed by atoms with Crippen molar-refractivity contribution in [1.82, 2.24) is 0 Å². The standard InChI is InChI=1S/C14H20O2S/c1-17-14-9-7-13(8-10-14)6-4-2-3-5-11-16-12-15/h7-10,12H,2-6,11H2,1H3. The highest BCUT2D eigenvalue weighted by molar-refractivity contribution is 7.98. The first-order valence-electron chi connectivity index (χ1n) is 6.05. The van der Waals surface area contributed by atoms with Gasteiger partial charge in [0.15, 0.2) is 0 Å². The fraction of sp³-hybridized carbons (Fsp3) is 0.500. The lowest BCUT2D eigenvalue weighted by Gasteiger charge is -2.03. The zero-order valence-electron chi connectivity index (χ0n) is 10.4. The number of thioether (sulfide) groups is 1. The molecule has 1 aromatic rings. The van der Waals surface area contributed by atoms with E-state index in [2.05, 4.69) is 35.3 Å². The molecule has 1 aromatic carbocycles. The minimum absolute atomic E-state index is 0.521. The molecule has 0 fully saturated rings. The molecular weight excluding hydrogens is 232 g/mol. The first-order valence-corrected chi connectivity index (χ1v) is 7.27. The van der Waals surface area contributed by atoms with Crippen LogP contribution in [-0.2, 0) is 16.0 Å². The summed E-state index contributed by atoms with van der Waals surface area (Å²) in [5.41, 5.74) is 1.41. The summed E-state index contributed by atoms with van der Waals surface area (Å²) >= 11 is 1.77. The molecule has 94 valence electrons. The predicted octanol–water partition coefficient (Wildman–Crippen LogP) is 3.68. The lowest BCUT2D eigenvalue weighted by Crippen LogP contribution is -1.92. The van der Waals surface area contributed by atoms with E-state index >= 15 is 0 Å². The van der Waals surface area contributed by atoms with Crippen molar-refractivity contribution in [2.75, 3.05) is 12.9 Å². The number of carbonyl (C=O) groups excluding carboxylic acids is 1. The smallest absolute Gasteiger partial charge is 0.293 e. The summed E-state index contributed by atoms with van der Waals surface area (Å²) in [6, 6.07) is 8.78. The van der Waals surface area contributed by atoms with Crippen molar-refractivity contribution in [3.8, 4) is 0 Å². The Hall–Kier alpha value is -0.960. The predicted molar refractivity (Wildman–Crippen MR) is 72.4 cm³/mol. The number of ether oxygens (including phenoxy) is 1. The van der Waals surface area contributed by atoms with Gasteiger partial charge in [-0.05, 0) is 43.2 Å². The number of rotatable bonds is 9. The number of benzene rings is 1. The molecule has 17 heavy (non-hydrogen) atoms. The van der Waals surface area contributed by atoms with Crippen LogP contribution in [0.5, 0.6) is 0 Å². The second kappa shape index (κ2) is 9.11. The summed E-state index contributed by atoms with van der Waals surface area (Å²) in [4.78, 5) is 11.2. The molecule has 0 spiro atoms. The Kier molecular flexibility index (Phi) is 7.56. The maximum absolute atomic E-state index is 9.91. The molecule has 0 atom stereocenters. The highest BCUT2D eigenvalue weighted by Crippen LogP contribution is 2.16. The molecule has 0 amide bonds. The van der Waals surface area contributed by atoms with Crippen LogP contribution in [0.15, 0.2) is 29.2 Å². The first-order chi connectivity index (χ1) is 8.36. The molecule has 3 heteroatoms. The summed E-state index contributed by atoms with van der Waals surface area (Å²) in [5.74, 6) is 0. The summed E-state index contributed by atoms with van der Waals surface area (Å²) < 4.78 is 4.64. The molecule has 0 unspecified atom stereocenters. The van der Waals surface area contributed by atoms with Crippen LogP contribution < -0.4 is 0 Å². The second-order valence-corrected chi connectivity index (χ2v) is 4.86. The number of aryl methyl sites for hydroxylation is 1. The van der Waals surface area contributed by atoms with Crippen LogP contribution >= 0.6 is 11.8 Å². The van der Waals surface area contributed by atoms with E-state index in [9.17, 15) is 4.79 Å². The Bertz CT molecular complexity index is 309. The second-order valence-electron chi connectivity index (χ2n) is 3.98. The van der Waals surface area contributed by atoms with Crippen molar-refractivity contribution >= 4 is 18.2 Å². The maximum atomic E-state index is 9.91. The number of unbranched alkanes of at least 4 members (excludes halogenated alkanes) is 3. The lowest BCUT2D eigenvalue weighted by molar-refractivity contribution is -0.128. The average Bonchev–Trinajstić information content (AvgIpc) is 2.38. The third kappa shape index (κ3) is 6.37. The van der Waals surface area contributed by atoms with Crippen LogP contribution in [0.1, 0.15) is 31.2 Å². The molecular formula is C14H20O2S. The minimum Gasteiger partial charge on any atom is -0.468 e. The minimum atomic E-state index is 0.521. The summed E-state index contributed by atoms with van der Waals surface area (Å²) in [5, 5.41) is 0. The Balaban J connectivity index is 2.07. The molecule has 0 N–H and O–H groups in total. The lowest BCUT2D eigenvalue weighted by atomic mass is 10.1. The number of carbonyl (C=O) groups is 1. The topological polar surface area (TPSA) is 26.3 Å². The normalized spacial score (nSPS) is 10.2. The molecule has 0 radical (unpaired) electrons. The van der Waals surface area contributed by atoms with Crippen molar-refractivity contribution in [1.29, 1.82) is 0 Å². The van der Waals surface area contributed by atoms with Crippen molar-refractivity contribution in [3.63, 3.8) is 0 Å². The zero-order chi connectivity index (χ0) is 12.3. The van der Waals surface area contributed by atoms with E-state index in [1.165, 1.54) is 23.3 Å². The molecule has 2 nitrogen and oxygen atoms in total. The Morgan fingerprint density at radius 2 is 1.82 bits per heavy atom. The van der Waals surface area contributed by atoms with E-state index in [1.807, 2.05) is 0 Å². The van der Waals surface area contributed by atoms with Crippen molar-refractivity contribution in [3.05, 3.63) is 29.8 Å². The summed E-state index contributed by atoms with van der Waals surface area (Å²) in [6.45, 7) is 1.08. The van der Waals surface area contributed by atoms with Crippen LogP contribution in [0.3, 0.4) is 0 Å². The van der Waals surface area contributed by atoms with Crippen LogP contribution in [0.25, 0.3) is 0 Å². The third-order valence-corrected chi connectivity index (χ3v) is 3.45. The van der Waals surface area contributed by atoms with Gasteiger partial charge < -0.3 is 4.74 Å². The van der Waals surface area contributed by atoms with Crippen LogP contribution in [0.2, 0.25) is 0 Å². The van der Waals surface area contributed by atoms with Crippen LogP contribution in [-0.4, -0.2) is 19.3 Å². The third-order valence-electron chi connectivity index (χ3n) is 2.70. The molecule has 0 aliphatic rings. The summed E-state index contributed by atoms with van der Waals surface area (Å²) in [6.07, 6.45) is 7.76. The van der Waals surface area contributed by atoms with Crippen LogP contribution in [0.4, 0.5) is 0 Å². The molecule has 0 aromatic heterocycles. The van der Waals surface area contributed by atoms with Gasteiger partial charge in [0.1, 0.15) is 0 Å². The van der Waals surface area contributed by atoms with Crippen LogP contribution in [0, 0.1) is 0 Å². The van der Waals surface area contributed by atoms with Gasteiger partial charge >= 0.3 is 0 Å². The maximum Gasteiger partial charge on any atom is 0.293 e. The van der Waals surface area contributed by atoms with Gasteiger partial charge in [-0.2, -0.15) is 0 Å². The Morgan fingerprint density at radius 1 is 1.12 bits per heavy atom. The van der Waals surface area contributed by atoms with Gasteiger partial charge in [-0.15, -0.1) is 11.8 Å². The molecule has 0 heterocycles. The number of hydrogen-bond acceptors (Lipinski definition) is 3. The molecule has 0 aliphatic heterocycles. The first kappa shape index (κ1) is 14.1. The van der Waals surface area contributed by atoms with Gasteiger partial charge in [0.05, 0.1) is 6.61 Å². The van der Waals surface area contributed by atoms with Gasteiger partial charge in [-0.1, -0.05) is 25.0 Å². The Labute approximate surface area is 108 Å². The Morgan fingerprint density at radius 3 is 2.47 bits per heavy atom. The van der Waals surface area contributed by atoms with Gasteiger partial charge in [-0.25, -0.2) is 0 Å². The van der Waals surface area contributed by atoms with Crippen molar-refractivity contribution in [2.24, 2.45) is 0 Å². The van der Waals surface area contributed by atoms with E-state index in [4.69, 9.17) is 0 Å². The fourth-order valence-electron chi connectivity index (χ4n) is 1.71. The highest BCUT2D eigenvalue weighted by Gasteiger charge is 1.95. The fourth-order valence-corrected chi connectivity index (χ4v) is 2.12. The van der Waals surface area contributed by atoms with Gasteiger partial charge in [0.2, 0.25) is 0 Å². The van der Waals surface area contributed by atoms with Crippen molar-refractivity contribution < 1.29 is 9.53 Å². The largest absolute Gasteiger partial charge is 0.468 e. The van der Waals surface area contributed by atoms with Gasteiger partial charge in [0, 0.05) is 4.90 Å². The monoisotopic (exact) mass is 252 g/mol. The zero-order valence-corrected chi connectivity index (χ0v) is 11.2. The molecule has 0 saturated carbocycles. The average molecular weight is 252 g/mol. The van der Waals surface area contributed by atoms with E-state index in [1.54, 1.807) is 11.8 Å². The molecule has 0 saturated heterocycles. The van der Waals surface area contributed by atoms with Crippen molar-refractivity contribution in [2.45, 2.75) is 37.0 Å². The quantitative estimate of drug-likeness (QED) is 0.381.